The summed E-state index contributed by atoms with van der Waals surface area (Å²) in [5, 5.41) is 10.9. The van der Waals surface area contributed by atoms with Crippen LogP contribution >= 0.6 is 11.8 Å². The van der Waals surface area contributed by atoms with Crippen LogP contribution < -0.4 is 5.56 Å². The normalized spacial score (nSPS) is 22.8. The van der Waals surface area contributed by atoms with E-state index in [4.69, 9.17) is 9.73 Å². The van der Waals surface area contributed by atoms with E-state index in [9.17, 15) is 9.18 Å². The summed E-state index contributed by atoms with van der Waals surface area (Å²) in [6, 6.07) is 6.37. The molecule has 2 aromatic heterocycles. The lowest BCUT2D eigenvalue weighted by Gasteiger charge is -2.36. The van der Waals surface area contributed by atoms with E-state index in [0.717, 1.165) is 34.7 Å². The van der Waals surface area contributed by atoms with Gasteiger partial charge in [-0.1, -0.05) is 11.8 Å². The predicted octanol–water partition coefficient (Wildman–Crippen LogP) is 4.72. The highest BCUT2D eigenvalue weighted by molar-refractivity contribution is 8.14. The summed E-state index contributed by atoms with van der Waals surface area (Å²) in [6.45, 7) is 6.74. The molecule has 4 heterocycles. The lowest BCUT2D eigenvalue weighted by Crippen LogP contribution is -2.35. The molecule has 0 bridgehead atoms. The lowest BCUT2D eigenvalue weighted by molar-refractivity contribution is -0.0705. The molecule has 1 saturated heterocycles. The molecule has 1 aromatic carbocycles. The Morgan fingerprint density at radius 3 is 2.81 bits per heavy atom. The molecule has 1 fully saturated rings. The first-order chi connectivity index (χ1) is 14.8. The molecule has 0 unspecified atom stereocenters. The number of nitrogens with zero attached hydrogens (tertiary/aromatic N) is 3. The Kier molecular flexibility index (Phi) is 4.90. The van der Waals surface area contributed by atoms with Crippen LogP contribution in [0.3, 0.4) is 0 Å². The molecule has 7 nitrogen and oxygen atoms in total. The van der Waals surface area contributed by atoms with Gasteiger partial charge in [-0.2, -0.15) is 5.10 Å². The molecule has 2 aliphatic rings. The molecule has 0 amide bonds. The molecule has 9 heteroatoms. The van der Waals surface area contributed by atoms with Crippen molar-refractivity contribution in [3.63, 3.8) is 0 Å². The fourth-order valence-corrected chi connectivity index (χ4v) is 5.57. The molecule has 162 valence electrons. The van der Waals surface area contributed by atoms with E-state index in [2.05, 4.69) is 29.1 Å². The Labute approximate surface area is 183 Å². The van der Waals surface area contributed by atoms with Crippen molar-refractivity contribution in [3.8, 4) is 11.3 Å². The molecule has 2 atom stereocenters. The zero-order valence-electron chi connectivity index (χ0n) is 17.6. The maximum atomic E-state index is 13.4. The molecule has 2 aliphatic heterocycles. The van der Waals surface area contributed by atoms with Crippen LogP contribution in [0.4, 0.5) is 10.2 Å². The standard InChI is InChI=1S/C22H24FN5O2S/c1-12-25-20-17(21(29)27-28(20)15-8-9-30-22(2,3)10-15)19(31-12)16-11-24-26-18(16)13-4-6-14(23)7-5-13/h4-7,11,15,19H,8-10H2,1-3H3,(H,24,26)(H,27,29)/t15-,19+/m1/s1. The number of fused-ring (bicyclic) bond motifs is 1. The first-order valence-electron chi connectivity index (χ1n) is 10.3. The minimum Gasteiger partial charge on any atom is -0.375 e. The first-order valence-corrected chi connectivity index (χ1v) is 11.2. The summed E-state index contributed by atoms with van der Waals surface area (Å²) in [5.41, 5.74) is 2.71. The Morgan fingerprint density at radius 1 is 1.29 bits per heavy atom. The Bertz CT molecular complexity index is 1210. The van der Waals surface area contributed by atoms with Crippen molar-refractivity contribution in [2.45, 2.75) is 50.5 Å². The van der Waals surface area contributed by atoms with Gasteiger partial charge in [-0.25, -0.2) is 9.38 Å². The molecule has 2 N–H and O–H groups in total. The molecular formula is C22H24FN5O2S. The molecular weight excluding hydrogens is 417 g/mol. The van der Waals surface area contributed by atoms with Gasteiger partial charge in [0.25, 0.3) is 5.56 Å². The van der Waals surface area contributed by atoms with E-state index in [-0.39, 0.29) is 28.3 Å². The van der Waals surface area contributed by atoms with E-state index in [0.29, 0.717) is 18.0 Å². The number of ether oxygens (including phenoxy) is 1. The number of rotatable bonds is 3. The molecule has 0 saturated carbocycles. The Balaban J connectivity index is 1.59. The topological polar surface area (TPSA) is 88.1 Å². The van der Waals surface area contributed by atoms with Crippen molar-refractivity contribution < 1.29 is 9.13 Å². The molecule has 5 rings (SSSR count). The van der Waals surface area contributed by atoms with Crippen molar-refractivity contribution >= 4 is 22.6 Å². The van der Waals surface area contributed by atoms with Crippen LogP contribution in [0.1, 0.15) is 56.0 Å². The summed E-state index contributed by atoms with van der Waals surface area (Å²) in [5.74, 6) is 0.384. The van der Waals surface area contributed by atoms with Crippen LogP contribution in [-0.4, -0.2) is 37.2 Å². The van der Waals surface area contributed by atoms with Gasteiger partial charge in [-0.15, -0.1) is 0 Å². The summed E-state index contributed by atoms with van der Waals surface area (Å²) in [7, 11) is 0. The minimum atomic E-state index is -0.296. The second-order valence-corrected chi connectivity index (χ2v) is 9.94. The van der Waals surface area contributed by atoms with Gasteiger partial charge in [0.2, 0.25) is 0 Å². The number of aromatic amines is 2. The molecule has 0 spiro atoms. The summed E-state index contributed by atoms with van der Waals surface area (Å²) < 4.78 is 21.2. The quantitative estimate of drug-likeness (QED) is 0.616. The van der Waals surface area contributed by atoms with E-state index in [1.165, 1.54) is 23.9 Å². The second kappa shape index (κ2) is 7.49. The number of halogens is 1. The third-order valence-corrected chi connectivity index (χ3v) is 7.03. The minimum absolute atomic E-state index is 0.112. The van der Waals surface area contributed by atoms with Gasteiger partial charge in [0.05, 0.1) is 39.4 Å². The SMILES string of the molecule is CC1=Nc2c(c(=O)[nH]n2[C@@H]2CCOC(C)(C)C2)[C@H](c2cn[nH]c2-c2ccc(F)cc2)S1. The zero-order valence-corrected chi connectivity index (χ0v) is 18.4. The van der Waals surface area contributed by atoms with Crippen molar-refractivity contribution in [1.29, 1.82) is 0 Å². The van der Waals surface area contributed by atoms with E-state index < -0.39 is 0 Å². The number of aromatic nitrogens is 4. The van der Waals surface area contributed by atoms with Gasteiger partial charge < -0.3 is 4.74 Å². The number of thioether (sulfide) groups is 1. The van der Waals surface area contributed by atoms with Crippen molar-refractivity contribution in [3.05, 3.63) is 57.8 Å². The lowest BCUT2D eigenvalue weighted by atomic mass is 9.94. The van der Waals surface area contributed by atoms with Crippen LogP contribution in [0.15, 0.2) is 40.2 Å². The van der Waals surface area contributed by atoms with E-state index >= 15 is 0 Å². The predicted molar refractivity (Wildman–Crippen MR) is 120 cm³/mol. The van der Waals surface area contributed by atoms with Gasteiger partial charge in [-0.05, 0) is 57.9 Å². The van der Waals surface area contributed by atoms with Crippen LogP contribution in [0.25, 0.3) is 11.3 Å². The van der Waals surface area contributed by atoms with Crippen molar-refractivity contribution in [2.75, 3.05) is 6.61 Å². The highest BCUT2D eigenvalue weighted by Crippen LogP contribution is 2.47. The summed E-state index contributed by atoms with van der Waals surface area (Å²) in [6.07, 6.45) is 3.36. The summed E-state index contributed by atoms with van der Waals surface area (Å²) >= 11 is 1.53. The third kappa shape index (κ3) is 3.65. The van der Waals surface area contributed by atoms with Crippen LogP contribution in [0, 0.1) is 5.82 Å². The average Bonchev–Trinajstić information content (AvgIpc) is 3.32. The first kappa shape index (κ1) is 20.3. The maximum absolute atomic E-state index is 13.4. The number of aliphatic imine (C=N–C) groups is 1. The molecule has 3 aromatic rings. The number of H-pyrrole nitrogens is 2. The van der Waals surface area contributed by atoms with Gasteiger partial charge in [0, 0.05) is 17.7 Å². The fraction of sp³-hybridized carbons (Fsp3) is 0.409. The Hall–Kier alpha value is -2.65. The fourth-order valence-electron chi connectivity index (χ4n) is 4.45. The number of hydrogen-bond donors (Lipinski definition) is 2. The van der Waals surface area contributed by atoms with Crippen LogP contribution in [0.5, 0.6) is 0 Å². The monoisotopic (exact) mass is 441 g/mol. The number of benzene rings is 1. The van der Waals surface area contributed by atoms with E-state index in [1.807, 2.05) is 11.6 Å². The number of hydrogen-bond acceptors (Lipinski definition) is 5. The van der Waals surface area contributed by atoms with Gasteiger partial charge in [0.1, 0.15) is 5.82 Å². The van der Waals surface area contributed by atoms with Gasteiger partial charge in [0.15, 0.2) is 5.82 Å². The Morgan fingerprint density at radius 2 is 2.06 bits per heavy atom. The van der Waals surface area contributed by atoms with Crippen LogP contribution in [-0.2, 0) is 4.74 Å². The van der Waals surface area contributed by atoms with Gasteiger partial charge >= 0.3 is 0 Å². The maximum Gasteiger partial charge on any atom is 0.271 e. The second-order valence-electron chi connectivity index (χ2n) is 8.64. The summed E-state index contributed by atoms with van der Waals surface area (Å²) in [4.78, 5) is 17.9. The third-order valence-electron chi connectivity index (χ3n) is 5.87. The van der Waals surface area contributed by atoms with Crippen molar-refractivity contribution in [2.24, 2.45) is 4.99 Å². The molecule has 31 heavy (non-hydrogen) atoms. The molecule has 0 radical (unpaired) electrons. The smallest absolute Gasteiger partial charge is 0.271 e. The van der Waals surface area contributed by atoms with E-state index in [1.54, 1.807) is 18.3 Å². The highest BCUT2D eigenvalue weighted by atomic mass is 32.2. The van der Waals surface area contributed by atoms with Crippen LogP contribution in [0.2, 0.25) is 0 Å². The largest absolute Gasteiger partial charge is 0.375 e. The average molecular weight is 442 g/mol. The highest BCUT2D eigenvalue weighted by Gasteiger charge is 2.36. The molecule has 0 aliphatic carbocycles. The van der Waals surface area contributed by atoms with Crippen molar-refractivity contribution in [1.82, 2.24) is 20.0 Å². The number of nitrogens with one attached hydrogen (secondary N) is 2. The van der Waals surface area contributed by atoms with Gasteiger partial charge in [-0.3, -0.25) is 19.7 Å². The zero-order chi connectivity index (χ0) is 21.8.